The summed E-state index contributed by atoms with van der Waals surface area (Å²) in [5.74, 6) is 0.819. The van der Waals surface area contributed by atoms with Crippen LogP contribution in [0.15, 0.2) is 67.4 Å². The van der Waals surface area contributed by atoms with Crippen molar-refractivity contribution in [3.63, 3.8) is 0 Å². The summed E-state index contributed by atoms with van der Waals surface area (Å²) in [5, 5.41) is 9.16. The highest BCUT2D eigenvalue weighted by atomic mass is 15.2. The quantitative estimate of drug-likeness (QED) is 0.414. The first kappa shape index (κ1) is 21.9. The maximum atomic E-state index is 3.93. The number of rotatable bonds is 9. The van der Waals surface area contributed by atoms with E-state index in [0.29, 0.717) is 0 Å². The Kier molecular flexibility index (Phi) is 6.84. The van der Waals surface area contributed by atoms with Gasteiger partial charge in [-0.2, -0.15) is 0 Å². The van der Waals surface area contributed by atoms with Gasteiger partial charge in [-0.1, -0.05) is 30.3 Å². The van der Waals surface area contributed by atoms with Crippen LogP contribution in [0.1, 0.15) is 30.4 Å². The van der Waals surface area contributed by atoms with Crippen molar-refractivity contribution in [2.24, 2.45) is 5.92 Å². The summed E-state index contributed by atoms with van der Waals surface area (Å²) < 4.78 is 1.96. The molecule has 0 spiro atoms. The number of H-pyrrole nitrogens is 1. The first-order valence-corrected chi connectivity index (χ1v) is 12.1. The predicted molar refractivity (Wildman–Crippen MR) is 133 cm³/mol. The van der Waals surface area contributed by atoms with Crippen LogP contribution in [0.25, 0.3) is 16.6 Å². The monoisotopic (exact) mass is 442 g/mol. The highest BCUT2D eigenvalue weighted by molar-refractivity contribution is 5.85. The number of nitrogens with one attached hydrogen (secondary N) is 1. The molecule has 33 heavy (non-hydrogen) atoms. The summed E-state index contributed by atoms with van der Waals surface area (Å²) in [5.41, 5.74) is 5.11. The van der Waals surface area contributed by atoms with Crippen LogP contribution < -0.4 is 0 Å². The fourth-order valence-corrected chi connectivity index (χ4v) is 5.15. The van der Waals surface area contributed by atoms with Gasteiger partial charge in [0.25, 0.3) is 0 Å². The van der Waals surface area contributed by atoms with E-state index < -0.39 is 0 Å². The first-order chi connectivity index (χ1) is 16.2. The molecule has 6 heteroatoms. The van der Waals surface area contributed by atoms with Gasteiger partial charge in [0.15, 0.2) is 0 Å². The number of aromatic amines is 1. The molecule has 0 unspecified atom stereocenters. The molecule has 6 nitrogen and oxygen atoms in total. The lowest BCUT2D eigenvalue weighted by Gasteiger charge is -2.34. The number of likely N-dealkylation sites (tertiary alicyclic amines) is 1. The summed E-state index contributed by atoms with van der Waals surface area (Å²) >= 11 is 0. The van der Waals surface area contributed by atoms with Gasteiger partial charge in [-0.25, -0.2) is 0 Å². The van der Waals surface area contributed by atoms with Crippen LogP contribution in [0.5, 0.6) is 0 Å². The number of fused-ring (bicyclic) bond motifs is 1. The molecule has 1 N–H and O–H groups in total. The Hall–Kier alpha value is -2.96. The number of nitrogens with zero attached hydrogens (tertiary/aromatic N) is 5. The SMILES string of the molecule is CN(Cc1ccccc1)CC1CCN(CCCc2c[nH]c3ccc(-n4cnnc4)cc23)CC1. The fraction of sp³-hybridized carbons (Fsp3) is 0.407. The second-order valence-corrected chi connectivity index (χ2v) is 9.48. The zero-order valence-corrected chi connectivity index (χ0v) is 19.5. The van der Waals surface area contributed by atoms with Gasteiger partial charge in [-0.3, -0.25) is 4.57 Å². The van der Waals surface area contributed by atoms with E-state index >= 15 is 0 Å². The molecule has 0 bridgehead atoms. The van der Waals surface area contributed by atoms with Crippen LogP contribution in [0.2, 0.25) is 0 Å². The topological polar surface area (TPSA) is 53.0 Å². The summed E-state index contributed by atoms with van der Waals surface area (Å²) in [6.07, 6.45) is 10.6. The molecular weight excluding hydrogens is 408 g/mol. The second kappa shape index (κ2) is 10.3. The van der Waals surface area contributed by atoms with Gasteiger partial charge in [0.05, 0.1) is 0 Å². The van der Waals surface area contributed by atoms with Gasteiger partial charge in [0, 0.05) is 35.9 Å². The van der Waals surface area contributed by atoms with Crippen molar-refractivity contribution in [2.75, 3.05) is 33.2 Å². The Balaban J connectivity index is 1.07. The molecule has 2 aromatic heterocycles. The van der Waals surface area contributed by atoms with E-state index in [0.717, 1.165) is 24.6 Å². The van der Waals surface area contributed by atoms with E-state index in [9.17, 15) is 0 Å². The fourth-order valence-electron chi connectivity index (χ4n) is 5.15. The molecule has 1 fully saturated rings. The van der Waals surface area contributed by atoms with Crippen LogP contribution in [0.3, 0.4) is 0 Å². The van der Waals surface area contributed by atoms with Crippen molar-refractivity contribution in [3.8, 4) is 5.69 Å². The Morgan fingerprint density at radius 3 is 2.61 bits per heavy atom. The van der Waals surface area contributed by atoms with E-state index in [1.807, 2.05) is 4.57 Å². The van der Waals surface area contributed by atoms with E-state index in [2.05, 4.69) is 86.8 Å². The average Bonchev–Trinajstić information content (AvgIpc) is 3.51. The highest BCUT2D eigenvalue weighted by Gasteiger charge is 2.20. The van der Waals surface area contributed by atoms with Crippen LogP contribution in [0, 0.1) is 5.92 Å². The third-order valence-corrected chi connectivity index (χ3v) is 6.96. The first-order valence-electron chi connectivity index (χ1n) is 12.1. The number of aryl methyl sites for hydroxylation is 1. The lowest BCUT2D eigenvalue weighted by molar-refractivity contribution is 0.151. The van der Waals surface area contributed by atoms with Crippen molar-refractivity contribution in [2.45, 2.75) is 32.2 Å². The third-order valence-electron chi connectivity index (χ3n) is 6.96. The molecular formula is C27H34N6. The van der Waals surface area contributed by atoms with E-state index in [4.69, 9.17) is 0 Å². The maximum absolute atomic E-state index is 3.93. The minimum atomic E-state index is 0.819. The molecule has 1 aliphatic rings. The number of aromatic nitrogens is 4. The van der Waals surface area contributed by atoms with Crippen molar-refractivity contribution in [3.05, 3.63) is 78.5 Å². The highest BCUT2D eigenvalue weighted by Crippen LogP contribution is 2.24. The summed E-state index contributed by atoms with van der Waals surface area (Å²) in [7, 11) is 2.26. The van der Waals surface area contributed by atoms with Gasteiger partial charge in [-0.05, 0) is 87.6 Å². The van der Waals surface area contributed by atoms with Crippen molar-refractivity contribution in [1.29, 1.82) is 0 Å². The molecule has 3 heterocycles. The zero-order valence-electron chi connectivity index (χ0n) is 19.5. The lowest BCUT2D eigenvalue weighted by Crippen LogP contribution is -2.38. The zero-order chi connectivity index (χ0) is 22.5. The van der Waals surface area contributed by atoms with Gasteiger partial charge >= 0.3 is 0 Å². The van der Waals surface area contributed by atoms with Crippen LogP contribution in [-0.4, -0.2) is 62.8 Å². The molecule has 0 amide bonds. The smallest absolute Gasteiger partial charge is 0.123 e. The Morgan fingerprint density at radius 2 is 1.82 bits per heavy atom. The molecule has 1 saturated heterocycles. The van der Waals surface area contributed by atoms with E-state index in [-0.39, 0.29) is 0 Å². The molecule has 5 rings (SSSR count). The standard InChI is InChI=1S/C27H34N6/c1-31(18-22-6-3-2-4-7-22)19-23-11-14-32(15-12-23)13-5-8-24-17-28-27-10-9-25(16-26(24)27)33-20-29-30-21-33/h2-4,6-7,9-10,16-17,20-21,23,28H,5,8,11-15,18-19H2,1H3. The molecule has 0 aliphatic carbocycles. The minimum Gasteiger partial charge on any atom is -0.361 e. The molecule has 172 valence electrons. The number of hydrogen-bond acceptors (Lipinski definition) is 4. The summed E-state index contributed by atoms with van der Waals surface area (Å²) in [6, 6.07) is 17.3. The van der Waals surface area contributed by atoms with Crippen LogP contribution in [-0.2, 0) is 13.0 Å². The molecule has 0 atom stereocenters. The average molecular weight is 443 g/mol. The molecule has 4 aromatic rings. The normalized spacial score (nSPS) is 15.6. The summed E-state index contributed by atoms with van der Waals surface area (Å²) in [4.78, 5) is 8.58. The second-order valence-electron chi connectivity index (χ2n) is 9.48. The van der Waals surface area contributed by atoms with Gasteiger partial charge in [-0.15, -0.1) is 10.2 Å². The molecule has 0 radical (unpaired) electrons. The number of hydrogen-bond donors (Lipinski definition) is 1. The third kappa shape index (κ3) is 5.52. The van der Waals surface area contributed by atoms with Crippen LogP contribution >= 0.6 is 0 Å². The lowest BCUT2D eigenvalue weighted by atomic mass is 9.95. The Morgan fingerprint density at radius 1 is 1.03 bits per heavy atom. The molecule has 1 aliphatic heterocycles. The number of benzene rings is 2. The molecule has 2 aromatic carbocycles. The van der Waals surface area contributed by atoms with Crippen LogP contribution in [0.4, 0.5) is 0 Å². The van der Waals surface area contributed by atoms with Crippen molar-refractivity contribution in [1.82, 2.24) is 29.5 Å². The largest absolute Gasteiger partial charge is 0.361 e. The Bertz CT molecular complexity index is 1130. The maximum Gasteiger partial charge on any atom is 0.123 e. The van der Waals surface area contributed by atoms with Gasteiger partial charge in [0.1, 0.15) is 12.7 Å². The van der Waals surface area contributed by atoms with E-state index in [1.165, 1.54) is 67.5 Å². The predicted octanol–water partition coefficient (Wildman–Crippen LogP) is 4.53. The summed E-state index contributed by atoms with van der Waals surface area (Å²) in [6.45, 7) is 5.90. The van der Waals surface area contributed by atoms with Gasteiger partial charge in [0.2, 0.25) is 0 Å². The van der Waals surface area contributed by atoms with Crippen molar-refractivity contribution >= 4 is 10.9 Å². The Labute approximate surface area is 196 Å². The minimum absolute atomic E-state index is 0.819. The van der Waals surface area contributed by atoms with Crippen molar-refractivity contribution < 1.29 is 0 Å². The van der Waals surface area contributed by atoms with E-state index in [1.54, 1.807) is 12.7 Å². The molecule has 0 saturated carbocycles. The van der Waals surface area contributed by atoms with Gasteiger partial charge < -0.3 is 14.8 Å². The number of piperidine rings is 1.